The highest BCUT2D eigenvalue weighted by atomic mass is 15.4. The summed E-state index contributed by atoms with van der Waals surface area (Å²) in [4.78, 5) is 8.01. The zero-order chi connectivity index (χ0) is 19.8. The second-order valence-electron chi connectivity index (χ2n) is 7.03. The van der Waals surface area contributed by atoms with Gasteiger partial charge in [0.05, 0.1) is 23.5 Å². The lowest BCUT2D eigenvalue weighted by molar-refractivity contribution is 0.732. The fourth-order valence-corrected chi connectivity index (χ4v) is 3.89. The van der Waals surface area contributed by atoms with Crippen LogP contribution in [-0.2, 0) is 0 Å². The lowest BCUT2D eigenvalue weighted by Gasteiger charge is -2.30. The summed E-state index contributed by atoms with van der Waals surface area (Å²) < 4.78 is 0. The quantitative estimate of drug-likeness (QED) is 0.522. The van der Waals surface area contributed by atoms with Gasteiger partial charge in [0, 0.05) is 12.7 Å². The molecule has 0 aliphatic carbocycles. The van der Waals surface area contributed by atoms with Gasteiger partial charge in [-0.3, -0.25) is 0 Å². The van der Waals surface area contributed by atoms with E-state index in [4.69, 9.17) is 6.57 Å². The average Bonchev–Trinajstić information content (AvgIpc) is 3.00. The maximum absolute atomic E-state index is 9.60. The molecule has 1 aliphatic heterocycles. The maximum Gasteiger partial charge on any atom is 0.212 e. The Labute approximate surface area is 165 Å². The number of hydrogen-bond acceptors (Lipinski definition) is 3. The van der Waals surface area contributed by atoms with Crippen LogP contribution in [0.2, 0.25) is 0 Å². The van der Waals surface area contributed by atoms with Gasteiger partial charge in [-0.2, -0.15) is 5.26 Å². The molecule has 0 spiro atoms. The minimum absolute atomic E-state index is 0.00489. The van der Waals surface area contributed by atoms with Crippen molar-refractivity contribution in [1.82, 2.24) is 0 Å². The molecule has 0 saturated carbocycles. The predicted octanol–water partition coefficient (Wildman–Crippen LogP) is 6.02. The molecular weight excluding hydrogens is 344 g/mol. The largest absolute Gasteiger partial charge is 0.353 e. The fraction of sp³-hybridized carbons (Fsp3) is 0.167. The number of benzene rings is 3. The van der Waals surface area contributed by atoms with E-state index in [0.717, 1.165) is 33.8 Å². The third-order valence-electron chi connectivity index (χ3n) is 5.47. The van der Waals surface area contributed by atoms with E-state index in [9.17, 15) is 5.26 Å². The maximum atomic E-state index is 9.60. The molecule has 4 rings (SSSR count). The van der Waals surface area contributed by atoms with Crippen molar-refractivity contribution in [2.45, 2.75) is 20.0 Å². The number of rotatable bonds is 2. The number of hydrogen-bond donors (Lipinski definition) is 0. The van der Waals surface area contributed by atoms with Crippen LogP contribution in [0.3, 0.4) is 0 Å². The highest BCUT2D eigenvalue weighted by Gasteiger charge is 2.36. The molecule has 136 valence electrons. The normalized spacial score (nSPS) is 15.1. The lowest BCUT2D eigenvalue weighted by atomic mass is 10.0. The van der Waals surface area contributed by atoms with Crippen molar-refractivity contribution in [2.24, 2.45) is 0 Å². The van der Waals surface area contributed by atoms with Gasteiger partial charge in [0.1, 0.15) is 12.2 Å². The topological polar surface area (TPSA) is 34.6 Å². The summed E-state index contributed by atoms with van der Waals surface area (Å²) in [6.07, 6.45) is -0.00489. The van der Waals surface area contributed by atoms with Crippen LogP contribution in [0, 0.1) is 24.8 Å². The van der Waals surface area contributed by atoms with Crippen molar-refractivity contribution in [3.8, 4) is 17.2 Å². The Morgan fingerprint density at radius 3 is 2.43 bits per heavy atom. The molecule has 3 aromatic rings. The van der Waals surface area contributed by atoms with Gasteiger partial charge in [-0.1, -0.05) is 54.6 Å². The molecule has 28 heavy (non-hydrogen) atoms. The van der Waals surface area contributed by atoms with Gasteiger partial charge in [0.15, 0.2) is 0 Å². The highest BCUT2D eigenvalue weighted by Crippen LogP contribution is 2.51. The van der Waals surface area contributed by atoms with E-state index in [1.54, 1.807) is 12.1 Å². The Balaban J connectivity index is 1.95. The van der Waals surface area contributed by atoms with Crippen molar-refractivity contribution >= 4 is 22.7 Å². The number of fused-ring (bicyclic) bond motifs is 1. The first-order valence-electron chi connectivity index (χ1n) is 9.19. The van der Waals surface area contributed by atoms with Gasteiger partial charge in [0.2, 0.25) is 5.69 Å². The lowest BCUT2D eigenvalue weighted by Crippen LogP contribution is -2.36. The second-order valence-corrected chi connectivity index (χ2v) is 7.03. The van der Waals surface area contributed by atoms with Crippen LogP contribution in [0.5, 0.6) is 0 Å². The molecule has 0 saturated heterocycles. The monoisotopic (exact) mass is 364 g/mol. The minimum Gasteiger partial charge on any atom is -0.353 e. The number of aryl methyl sites for hydroxylation is 1. The standard InChI is InChI=1S/C24H20N4/c1-16-10-11-19(18-8-6-5-7-9-18)14-22(16)28-17(2)27(4)23-20(15-25)12-13-21(26-3)24(23)28/h5-14,17H,1-2,4H3/t17-/m0/s1. The Morgan fingerprint density at radius 2 is 1.75 bits per heavy atom. The van der Waals surface area contributed by atoms with Gasteiger partial charge in [0.25, 0.3) is 0 Å². The number of nitriles is 1. The van der Waals surface area contributed by atoms with Gasteiger partial charge < -0.3 is 9.80 Å². The molecule has 0 radical (unpaired) electrons. The van der Waals surface area contributed by atoms with Gasteiger partial charge in [-0.15, -0.1) is 0 Å². The van der Waals surface area contributed by atoms with Crippen molar-refractivity contribution in [3.05, 3.63) is 83.2 Å². The molecule has 0 amide bonds. The summed E-state index contributed by atoms with van der Waals surface area (Å²) in [5.41, 5.74) is 7.27. The van der Waals surface area contributed by atoms with Crippen molar-refractivity contribution < 1.29 is 0 Å². The highest BCUT2D eigenvalue weighted by molar-refractivity contribution is 5.96. The molecule has 0 aromatic heterocycles. The van der Waals surface area contributed by atoms with Crippen molar-refractivity contribution in [2.75, 3.05) is 16.8 Å². The average molecular weight is 364 g/mol. The van der Waals surface area contributed by atoms with Crippen LogP contribution in [0.25, 0.3) is 16.0 Å². The smallest absolute Gasteiger partial charge is 0.212 e. The third kappa shape index (κ3) is 2.59. The van der Waals surface area contributed by atoms with Crippen molar-refractivity contribution in [3.63, 3.8) is 0 Å². The summed E-state index contributed by atoms with van der Waals surface area (Å²) in [5, 5.41) is 9.60. The van der Waals surface area contributed by atoms with E-state index in [1.807, 2.05) is 25.2 Å². The molecule has 3 aromatic carbocycles. The van der Waals surface area contributed by atoms with E-state index in [1.165, 1.54) is 0 Å². The Bertz CT molecular complexity index is 1140. The molecule has 0 bridgehead atoms. The molecule has 0 unspecified atom stereocenters. The molecule has 1 heterocycles. The summed E-state index contributed by atoms with van der Waals surface area (Å²) >= 11 is 0. The predicted molar refractivity (Wildman–Crippen MR) is 114 cm³/mol. The Hall–Kier alpha value is -3.76. The molecule has 4 nitrogen and oxygen atoms in total. The molecule has 0 N–H and O–H groups in total. The first-order valence-corrected chi connectivity index (χ1v) is 9.19. The third-order valence-corrected chi connectivity index (χ3v) is 5.47. The second kappa shape index (κ2) is 6.76. The van der Waals surface area contributed by atoms with Crippen LogP contribution in [0.15, 0.2) is 60.7 Å². The number of anilines is 3. The van der Waals surface area contributed by atoms with E-state index < -0.39 is 0 Å². The fourth-order valence-electron chi connectivity index (χ4n) is 3.89. The molecular formula is C24H20N4. The zero-order valence-electron chi connectivity index (χ0n) is 16.1. The van der Waals surface area contributed by atoms with E-state index in [0.29, 0.717) is 11.3 Å². The summed E-state index contributed by atoms with van der Waals surface area (Å²) in [5.74, 6) is 0. The Kier molecular flexibility index (Phi) is 4.26. The van der Waals surface area contributed by atoms with E-state index in [-0.39, 0.29) is 6.17 Å². The van der Waals surface area contributed by atoms with Gasteiger partial charge in [-0.05, 0) is 36.6 Å². The van der Waals surface area contributed by atoms with Gasteiger partial charge >= 0.3 is 0 Å². The summed E-state index contributed by atoms with van der Waals surface area (Å²) in [6.45, 7) is 11.8. The molecule has 1 atom stereocenters. The van der Waals surface area contributed by atoms with Crippen molar-refractivity contribution in [1.29, 1.82) is 5.26 Å². The SMILES string of the molecule is [C-]#[N+]c1ccc(C#N)c2c1N(c1cc(-c3ccccc3)ccc1C)[C@@H](C)N2C. The van der Waals surface area contributed by atoms with Crippen LogP contribution >= 0.6 is 0 Å². The first kappa shape index (κ1) is 17.6. The number of nitrogens with zero attached hydrogens (tertiary/aromatic N) is 4. The van der Waals surface area contributed by atoms with E-state index in [2.05, 4.69) is 64.9 Å². The Morgan fingerprint density at radius 1 is 1.00 bits per heavy atom. The molecule has 4 heteroatoms. The summed E-state index contributed by atoms with van der Waals surface area (Å²) in [6, 6.07) is 22.5. The molecule has 0 fully saturated rings. The minimum atomic E-state index is -0.00489. The van der Waals surface area contributed by atoms with E-state index >= 15 is 0 Å². The van der Waals surface area contributed by atoms with Crippen LogP contribution in [0.4, 0.5) is 22.7 Å². The van der Waals surface area contributed by atoms with Crippen LogP contribution < -0.4 is 9.80 Å². The van der Waals surface area contributed by atoms with Crippen LogP contribution in [-0.4, -0.2) is 13.2 Å². The first-order chi connectivity index (χ1) is 13.6. The van der Waals surface area contributed by atoms with Crippen LogP contribution in [0.1, 0.15) is 18.1 Å². The van der Waals surface area contributed by atoms with Gasteiger partial charge in [-0.25, -0.2) is 4.85 Å². The summed E-state index contributed by atoms with van der Waals surface area (Å²) in [7, 11) is 1.98. The molecule has 1 aliphatic rings. The zero-order valence-corrected chi connectivity index (χ0v) is 16.1.